The Hall–Kier alpha value is -1.72. The van der Waals surface area contributed by atoms with Crippen LogP contribution < -0.4 is 10.6 Å². The van der Waals surface area contributed by atoms with Crippen molar-refractivity contribution in [1.29, 1.82) is 0 Å². The first-order valence-electron chi connectivity index (χ1n) is 5.96. The van der Waals surface area contributed by atoms with Crippen LogP contribution in [0.25, 0.3) is 0 Å². The fourth-order valence-corrected chi connectivity index (χ4v) is 1.86. The average molecular weight is 250 g/mol. The van der Waals surface area contributed by atoms with Gasteiger partial charge in [-0.25, -0.2) is 0 Å². The van der Waals surface area contributed by atoms with Gasteiger partial charge in [0.25, 0.3) is 5.91 Å². The highest BCUT2D eigenvalue weighted by molar-refractivity contribution is 6.01. The number of rotatable bonds is 4. The smallest absolute Gasteiger partial charge is 0.252 e. The van der Waals surface area contributed by atoms with Crippen LogP contribution in [-0.2, 0) is 4.74 Å². The lowest BCUT2D eigenvalue weighted by Crippen LogP contribution is -2.45. The van der Waals surface area contributed by atoms with Gasteiger partial charge in [0.05, 0.1) is 12.7 Å². The third kappa shape index (κ3) is 3.15. The van der Waals surface area contributed by atoms with E-state index in [2.05, 4.69) is 10.6 Å². The number of nitrogens with one attached hydrogen (secondary N) is 2. The highest BCUT2D eigenvalue weighted by atomic mass is 16.5. The number of carbonyl (C=O) groups is 2. The van der Waals surface area contributed by atoms with E-state index in [0.29, 0.717) is 30.6 Å². The van der Waals surface area contributed by atoms with E-state index in [1.54, 1.807) is 24.3 Å². The van der Waals surface area contributed by atoms with Crippen LogP contribution in [0.3, 0.4) is 0 Å². The summed E-state index contributed by atoms with van der Waals surface area (Å²) < 4.78 is 5.47. The molecule has 5 heteroatoms. The molecule has 1 aromatic rings. The topological polar surface area (TPSA) is 67.4 Å². The van der Waals surface area contributed by atoms with Gasteiger partial charge in [0.2, 0.25) is 0 Å². The van der Waals surface area contributed by atoms with E-state index in [9.17, 15) is 9.59 Å². The van der Waals surface area contributed by atoms with Gasteiger partial charge < -0.3 is 15.4 Å². The molecular weight excluding hydrogens is 232 g/mol. The monoisotopic (exact) mass is 250 g/mol. The zero-order valence-electron chi connectivity index (χ0n) is 10.0. The van der Waals surface area contributed by atoms with Crippen LogP contribution in [0.5, 0.6) is 0 Å². The molecule has 2 N–H and O–H groups in total. The van der Waals surface area contributed by atoms with Gasteiger partial charge in [0.15, 0.2) is 6.29 Å². The highest BCUT2D eigenvalue weighted by Gasteiger charge is 2.16. The molecule has 18 heavy (non-hydrogen) atoms. The number of carbonyl (C=O) groups excluding carboxylic acids is 2. The maximum absolute atomic E-state index is 11.9. The Morgan fingerprint density at radius 2 is 2.39 bits per heavy atom. The Morgan fingerprint density at radius 1 is 1.56 bits per heavy atom. The standard InChI is InChI=1S/C13H16N2O3.H2/c16-9-10-3-1-2-4-12(10)13(17)15-8-11-7-14-5-6-18-11;/h1-4,9,11,14H,5-8H2,(H,15,17);1H. The lowest BCUT2D eigenvalue weighted by Gasteiger charge is -2.23. The SMILES string of the molecule is O=Cc1ccccc1C(=O)NCC1CNCCO1.[HH]. The molecule has 1 aliphatic heterocycles. The molecule has 5 nitrogen and oxygen atoms in total. The van der Waals surface area contributed by atoms with Gasteiger partial charge in [-0.3, -0.25) is 9.59 Å². The van der Waals surface area contributed by atoms with E-state index in [0.717, 1.165) is 13.1 Å². The number of aldehydes is 1. The molecule has 0 bridgehead atoms. The van der Waals surface area contributed by atoms with Crippen molar-refractivity contribution in [2.45, 2.75) is 6.10 Å². The summed E-state index contributed by atoms with van der Waals surface area (Å²) in [5.41, 5.74) is 0.800. The van der Waals surface area contributed by atoms with Crippen LogP contribution in [-0.4, -0.2) is 44.5 Å². The molecule has 1 amide bonds. The van der Waals surface area contributed by atoms with Gasteiger partial charge in [-0.05, 0) is 6.07 Å². The van der Waals surface area contributed by atoms with Gasteiger partial charge in [-0.1, -0.05) is 18.2 Å². The molecule has 1 heterocycles. The van der Waals surface area contributed by atoms with E-state index in [1.807, 2.05) is 0 Å². The van der Waals surface area contributed by atoms with Crippen LogP contribution in [0.2, 0.25) is 0 Å². The molecule has 0 aliphatic carbocycles. The molecule has 0 spiro atoms. The molecule has 0 saturated carbocycles. The van der Waals surface area contributed by atoms with E-state index >= 15 is 0 Å². The van der Waals surface area contributed by atoms with Crippen molar-refractivity contribution in [1.82, 2.24) is 10.6 Å². The first-order valence-corrected chi connectivity index (χ1v) is 5.96. The van der Waals surface area contributed by atoms with Crippen LogP contribution in [0, 0.1) is 0 Å². The summed E-state index contributed by atoms with van der Waals surface area (Å²) in [6.45, 7) is 2.68. The largest absolute Gasteiger partial charge is 0.374 e. The minimum Gasteiger partial charge on any atom is -0.374 e. The maximum atomic E-state index is 11.9. The first kappa shape index (κ1) is 12.7. The second-order valence-corrected chi connectivity index (χ2v) is 4.11. The van der Waals surface area contributed by atoms with Crippen molar-refractivity contribution < 1.29 is 15.8 Å². The lowest BCUT2D eigenvalue weighted by atomic mass is 10.1. The molecule has 0 radical (unpaired) electrons. The van der Waals surface area contributed by atoms with Crippen LogP contribution in [0.1, 0.15) is 22.1 Å². The number of hydrogen-bond acceptors (Lipinski definition) is 4. The summed E-state index contributed by atoms with van der Waals surface area (Å²) in [5.74, 6) is -0.244. The van der Waals surface area contributed by atoms with Gasteiger partial charge in [0, 0.05) is 32.2 Å². The number of morpholine rings is 1. The fourth-order valence-electron chi connectivity index (χ4n) is 1.86. The fraction of sp³-hybridized carbons (Fsp3) is 0.385. The molecule has 0 aromatic heterocycles. The predicted molar refractivity (Wildman–Crippen MR) is 68.9 cm³/mol. The minimum absolute atomic E-state index is 0. The van der Waals surface area contributed by atoms with Gasteiger partial charge in [-0.15, -0.1) is 0 Å². The van der Waals surface area contributed by atoms with E-state index in [-0.39, 0.29) is 13.4 Å². The van der Waals surface area contributed by atoms with Gasteiger partial charge in [0.1, 0.15) is 0 Å². The Bertz CT molecular complexity index is 434. The van der Waals surface area contributed by atoms with Gasteiger partial charge >= 0.3 is 0 Å². The summed E-state index contributed by atoms with van der Waals surface area (Å²) >= 11 is 0. The Balaban J connectivity index is 0.00000180. The van der Waals surface area contributed by atoms with Crippen LogP contribution in [0.4, 0.5) is 0 Å². The third-order valence-electron chi connectivity index (χ3n) is 2.83. The van der Waals surface area contributed by atoms with Crippen molar-refractivity contribution in [3.63, 3.8) is 0 Å². The molecule has 98 valence electrons. The summed E-state index contributed by atoms with van der Waals surface area (Å²) in [5, 5.41) is 5.97. The summed E-state index contributed by atoms with van der Waals surface area (Å²) in [4.78, 5) is 22.7. The zero-order chi connectivity index (χ0) is 12.8. The van der Waals surface area contributed by atoms with E-state index in [1.165, 1.54) is 0 Å². The maximum Gasteiger partial charge on any atom is 0.252 e. The van der Waals surface area contributed by atoms with Crippen molar-refractivity contribution in [3.8, 4) is 0 Å². The number of amides is 1. The van der Waals surface area contributed by atoms with Crippen LogP contribution in [0.15, 0.2) is 24.3 Å². The lowest BCUT2D eigenvalue weighted by molar-refractivity contribution is 0.0287. The second kappa shape index (κ2) is 6.28. The quantitative estimate of drug-likeness (QED) is 0.762. The zero-order valence-corrected chi connectivity index (χ0v) is 10.0. The molecule has 1 aromatic carbocycles. The molecule has 1 unspecified atom stereocenters. The summed E-state index contributed by atoms with van der Waals surface area (Å²) in [6.07, 6.45) is 0.680. The van der Waals surface area contributed by atoms with E-state index < -0.39 is 0 Å². The second-order valence-electron chi connectivity index (χ2n) is 4.11. The number of benzene rings is 1. The van der Waals surface area contributed by atoms with Gasteiger partial charge in [-0.2, -0.15) is 0 Å². The van der Waals surface area contributed by atoms with Crippen molar-refractivity contribution in [3.05, 3.63) is 35.4 Å². The Labute approximate surface area is 107 Å². The van der Waals surface area contributed by atoms with E-state index in [4.69, 9.17) is 4.74 Å². The molecule has 1 aliphatic rings. The first-order chi connectivity index (χ1) is 8.81. The molecule has 1 saturated heterocycles. The molecule has 1 fully saturated rings. The Kier molecular flexibility index (Phi) is 4.44. The minimum atomic E-state index is -0.244. The molecule has 2 rings (SSSR count). The number of ether oxygens (including phenoxy) is 1. The molecular formula is C13H18N2O3. The average Bonchev–Trinajstić information content (AvgIpc) is 2.45. The number of hydrogen-bond donors (Lipinski definition) is 2. The van der Waals surface area contributed by atoms with Crippen molar-refractivity contribution >= 4 is 12.2 Å². The summed E-state index contributed by atoms with van der Waals surface area (Å²) in [6, 6.07) is 6.73. The van der Waals surface area contributed by atoms with Crippen molar-refractivity contribution in [2.75, 3.05) is 26.2 Å². The van der Waals surface area contributed by atoms with Crippen LogP contribution >= 0.6 is 0 Å². The third-order valence-corrected chi connectivity index (χ3v) is 2.83. The molecule has 1 atom stereocenters. The van der Waals surface area contributed by atoms with Crippen molar-refractivity contribution in [2.24, 2.45) is 0 Å². The summed E-state index contributed by atoms with van der Waals surface area (Å²) in [7, 11) is 0. The Morgan fingerprint density at radius 3 is 3.11 bits per heavy atom. The predicted octanol–water partition coefficient (Wildman–Crippen LogP) is 0.463. The normalized spacial score (nSPS) is 19.2. The highest BCUT2D eigenvalue weighted by Crippen LogP contribution is 2.06.